The van der Waals surface area contributed by atoms with Crippen molar-refractivity contribution in [2.45, 2.75) is 13.8 Å². The van der Waals surface area contributed by atoms with E-state index in [0.29, 0.717) is 16.5 Å². The third kappa shape index (κ3) is 2.89. The van der Waals surface area contributed by atoms with Crippen LogP contribution in [-0.4, -0.2) is 17.6 Å². The normalized spacial score (nSPS) is 10.7. The third-order valence-corrected chi connectivity index (χ3v) is 4.46. The summed E-state index contributed by atoms with van der Waals surface area (Å²) in [5, 5.41) is 4.54. The second kappa shape index (κ2) is 6.43. The smallest absolute Gasteiger partial charge is 0.356 e. The molecule has 0 amide bonds. The van der Waals surface area contributed by atoms with E-state index in [-0.39, 0.29) is 11.3 Å². The van der Waals surface area contributed by atoms with Gasteiger partial charge in [-0.2, -0.15) is 0 Å². The van der Waals surface area contributed by atoms with Crippen LogP contribution in [0.25, 0.3) is 10.8 Å². The molecule has 0 aliphatic heterocycles. The van der Waals surface area contributed by atoms with Gasteiger partial charge in [0.05, 0.1) is 12.8 Å². The Kier molecular flexibility index (Phi) is 4.31. The lowest BCUT2D eigenvalue weighted by Crippen LogP contribution is -2.25. The number of benzene rings is 2. The zero-order valence-corrected chi connectivity index (χ0v) is 14.7. The molecule has 0 fully saturated rings. The lowest BCUT2D eigenvalue weighted by Gasteiger charge is -2.17. The van der Waals surface area contributed by atoms with Gasteiger partial charge in [-0.15, -0.1) is 0 Å². The second-order valence-electron chi connectivity index (χ2n) is 6.05. The Labute approximate surface area is 145 Å². The maximum absolute atomic E-state index is 12.6. The minimum atomic E-state index is -0.559. The molecule has 1 N–H and O–H groups in total. The van der Waals surface area contributed by atoms with E-state index in [1.807, 2.05) is 44.2 Å². The van der Waals surface area contributed by atoms with E-state index in [2.05, 4.69) is 5.32 Å². The summed E-state index contributed by atoms with van der Waals surface area (Å²) in [4.78, 5) is 24.9. The molecule has 0 saturated heterocycles. The number of nitrogens with one attached hydrogen (secondary N) is 1. The van der Waals surface area contributed by atoms with Crippen LogP contribution >= 0.6 is 0 Å². The van der Waals surface area contributed by atoms with Crippen molar-refractivity contribution in [2.24, 2.45) is 7.05 Å². The first-order valence-electron chi connectivity index (χ1n) is 7.98. The van der Waals surface area contributed by atoms with E-state index in [4.69, 9.17) is 4.74 Å². The number of pyridine rings is 1. The first-order chi connectivity index (χ1) is 11.9. The molecule has 0 aliphatic rings. The quantitative estimate of drug-likeness (QED) is 0.741. The van der Waals surface area contributed by atoms with Gasteiger partial charge in [0.15, 0.2) is 5.69 Å². The van der Waals surface area contributed by atoms with Gasteiger partial charge in [-0.1, -0.05) is 24.3 Å². The van der Waals surface area contributed by atoms with E-state index < -0.39 is 5.97 Å². The number of aromatic nitrogens is 1. The number of methoxy groups -OCH3 is 1. The molecule has 0 bridgehead atoms. The van der Waals surface area contributed by atoms with Gasteiger partial charge in [0, 0.05) is 23.5 Å². The minimum absolute atomic E-state index is 0.199. The van der Waals surface area contributed by atoms with Crippen molar-refractivity contribution >= 4 is 28.1 Å². The number of esters is 1. The van der Waals surface area contributed by atoms with Gasteiger partial charge in [-0.3, -0.25) is 4.79 Å². The zero-order chi connectivity index (χ0) is 18.1. The zero-order valence-electron chi connectivity index (χ0n) is 14.7. The minimum Gasteiger partial charge on any atom is -0.464 e. The predicted octanol–water partition coefficient (Wildman–Crippen LogP) is 3.69. The Morgan fingerprint density at radius 1 is 1.04 bits per heavy atom. The predicted molar refractivity (Wildman–Crippen MR) is 99.7 cm³/mol. The van der Waals surface area contributed by atoms with Crippen LogP contribution in [0.15, 0.2) is 47.3 Å². The number of carbonyl (C=O) groups excluding carboxylic acids is 1. The molecular formula is C20H20N2O3. The first kappa shape index (κ1) is 16.8. The van der Waals surface area contributed by atoms with Gasteiger partial charge < -0.3 is 14.6 Å². The van der Waals surface area contributed by atoms with Crippen LogP contribution in [0.5, 0.6) is 0 Å². The van der Waals surface area contributed by atoms with Gasteiger partial charge in [0.2, 0.25) is 0 Å². The molecule has 3 aromatic rings. The fourth-order valence-electron chi connectivity index (χ4n) is 2.89. The van der Waals surface area contributed by atoms with E-state index >= 15 is 0 Å². The lowest BCUT2D eigenvalue weighted by atomic mass is 10.1. The molecular weight excluding hydrogens is 316 g/mol. The van der Waals surface area contributed by atoms with Crippen LogP contribution in [0.3, 0.4) is 0 Å². The van der Waals surface area contributed by atoms with Gasteiger partial charge in [-0.05, 0) is 43.2 Å². The van der Waals surface area contributed by atoms with E-state index in [1.54, 1.807) is 19.2 Å². The molecule has 0 atom stereocenters. The van der Waals surface area contributed by atoms with Crippen molar-refractivity contribution in [3.63, 3.8) is 0 Å². The van der Waals surface area contributed by atoms with Crippen LogP contribution in [0, 0.1) is 13.8 Å². The Morgan fingerprint density at radius 3 is 2.36 bits per heavy atom. The molecule has 128 valence electrons. The average molecular weight is 336 g/mol. The molecule has 5 nitrogen and oxygen atoms in total. The van der Waals surface area contributed by atoms with Crippen LogP contribution in [0.2, 0.25) is 0 Å². The SMILES string of the molecule is COC(=O)c1c(Nc2ccc(C)c(C)c2)c2ccccc2c(=O)n1C. The number of fused-ring (bicyclic) bond motifs is 1. The number of rotatable bonds is 3. The topological polar surface area (TPSA) is 60.3 Å². The Balaban J connectivity index is 2.30. The highest BCUT2D eigenvalue weighted by Crippen LogP contribution is 2.29. The number of aryl methyl sites for hydroxylation is 2. The Hall–Kier alpha value is -3.08. The van der Waals surface area contributed by atoms with Crippen molar-refractivity contribution < 1.29 is 9.53 Å². The van der Waals surface area contributed by atoms with Gasteiger partial charge in [-0.25, -0.2) is 4.79 Å². The van der Waals surface area contributed by atoms with Crippen molar-refractivity contribution in [3.8, 4) is 0 Å². The number of carbonyl (C=O) groups is 1. The first-order valence-corrected chi connectivity index (χ1v) is 7.98. The fourth-order valence-corrected chi connectivity index (χ4v) is 2.89. The number of hydrogen-bond donors (Lipinski definition) is 1. The van der Waals surface area contributed by atoms with Crippen LogP contribution < -0.4 is 10.9 Å². The molecule has 25 heavy (non-hydrogen) atoms. The van der Waals surface area contributed by atoms with E-state index in [0.717, 1.165) is 11.3 Å². The van der Waals surface area contributed by atoms with Crippen molar-refractivity contribution in [3.05, 3.63) is 69.6 Å². The summed E-state index contributed by atoms with van der Waals surface area (Å²) in [6.45, 7) is 4.07. The summed E-state index contributed by atoms with van der Waals surface area (Å²) in [5.41, 5.74) is 3.69. The summed E-state index contributed by atoms with van der Waals surface area (Å²) < 4.78 is 6.23. The Bertz CT molecular complexity index is 1040. The molecule has 3 rings (SSSR count). The number of anilines is 2. The summed E-state index contributed by atoms with van der Waals surface area (Å²) in [7, 11) is 2.88. The van der Waals surface area contributed by atoms with Crippen molar-refractivity contribution in [2.75, 3.05) is 12.4 Å². The molecule has 5 heteroatoms. The molecule has 0 unspecified atom stereocenters. The highest BCUT2D eigenvalue weighted by Gasteiger charge is 2.21. The van der Waals surface area contributed by atoms with Crippen molar-refractivity contribution in [1.29, 1.82) is 0 Å². The standard InChI is InChI=1S/C20H20N2O3/c1-12-9-10-14(11-13(12)2)21-17-15-7-5-6-8-16(15)19(23)22(3)18(17)20(24)25-4/h5-11,21H,1-4H3. The molecule has 2 aromatic carbocycles. The highest BCUT2D eigenvalue weighted by atomic mass is 16.5. The summed E-state index contributed by atoms with van der Waals surface area (Å²) >= 11 is 0. The maximum atomic E-state index is 12.6. The van der Waals surface area contributed by atoms with E-state index in [9.17, 15) is 9.59 Å². The second-order valence-corrected chi connectivity index (χ2v) is 6.05. The summed E-state index contributed by atoms with van der Waals surface area (Å²) in [6, 6.07) is 13.2. The monoisotopic (exact) mass is 336 g/mol. The fraction of sp³-hybridized carbons (Fsp3) is 0.200. The molecule has 0 spiro atoms. The number of hydrogen-bond acceptors (Lipinski definition) is 4. The van der Waals surface area contributed by atoms with Gasteiger partial charge in [0.25, 0.3) is 5.56 Å². The van der Waals surface area contributed by atoms with Crippen LogP contribution in [-0.2, 0) is 11.8 Å². The summed E-state index contributed by atoms with van der Waals surface area (Å²) in [5.74, 6) is -0.559. The van der Waals surface area contributed by atoms with Gasteiger partial charge in [0.1, 0.15) is 0 Å². The molecule has 1 heterocycles. The number of ether oxygens (including phenoxy) is 1. The molecule has 0 radical (unpaired) electrons. The number of nitrogens with zero attached hydrogens (tertiary/aromatic N) is 1. The molecule has 0 saturated carbocycles. The average Bonchev–Trinajstić information content (AvgIpc) is 2.62. The lowest BCUT2D eigenvalue weighted by molar-refractivity contribution is 0.0590. The molecule has 1 aromatic heterocycles. The van der Waals surface area contributed by atoms with Crippen LogP contribution in [0.4, 0.5) is 11.4 Å². The van der Waals surface area contributed by atoms with Crippen LogP contribution in [0.1, 0.15) is 21.6 Å². The highest BCUT2D eigenvalue weighted by molar-refractivity contribution is 6.05. The molecule has 0 aliphatic carbocycles. The van der Waals surface area contributed by atoms with E-state index in [1.165, 1.54) is 17.2 Å². The van der Waals surface area contributed by atoms with Crippen molar-refractivity contribution in [1.82, 2.24) is 4.57 Å². The third-order valence-electron chi connectivity index (χ3n) is 4.46. The maximum Gasteiger partial charge on any atom is 0.356 e. The largest absolute Gasteiger partial charge is 0.464 e. The Morgan fingerprint density at radius 2 is 1.72 bits per heavy atom. The van der Waals surface area contributed by atoms with Gasteiger partial charge >= 0.3 is 5.97 Å². The summed E-state index contributed by atoms with van der Waals surface area (Å²) in [6.07, 6.45) is 0.